The van der Waals surface area contributed by atoms with E-state index in [0.29, 0.717) is 19.0 Å². The highest BCUT2D eigenvalue weighted by molar-refractivity contribution is 7.89. The molecule has 1 fully saturated rings. The number of allylic oxidation sites excluding steroid dienone is 2. The van der Waals surface area contributed by atoms with Gasteiger partial charge in [0.25, 0.3) is 5.91 Å². The molecule has 1 aliphatic carbocycles. The maximum absolute atomic E-state index is 13.6. The second-order valence-electron chi connectivity index (χ2n) is 7.80. The molecule has 3 rings (SSSR count). The van der Waals surface area contributed by atoms with E-state index < -0.39 is 21.5 Å². The molecule has 0 bridgehead atoms. The summed E-state index contributed by atoms with van der Waals surface area (Å²) < 4.78 is 41.0. The number of halogens is 1. The van der Waals surface area contributed by atoms with E-state index in [-0.39, 0.29) is 22.7 Å². The topological polar surface area (TPSA) is 66.5 Å². The summed E-state index contributed by atoms with van der Waals surface area (Å²) in [6, 6.07) is 6.06. The average Bonchev–Trinajstić information content (AvgIpc) is 2.67. The summed E-state index contributed by atoms with van der Waals surface area (Å²) in [4.78, 5) is 12.8. The summed E-state index contributed by atoms with van der Waals surface area (Å²) in [7, 11) is -3.64. The molecule has 0 aromatic heterocycles. The number of carbonyl (C=O) groups is 1. The molecule has 5 nitrogen and oxygen atoms in total. The SMILES string of the molecule is CCC1CCN(S(=O)(=O)c2cccc(C(=O)NC3(C)C=CC=C(F)C3)c2)CC1. The van der Waals surface area contributed by atoms with Crippen LogP contribution in [0.2, 0.25) is 0 Å². The lowest BCUT2D eigenvalue weighted by Gasteiger charge is -2.31. The first kappa shape index (κ1) is 20.7. The summed E-state index contributed by atoms with van der Waals surface area (Å²) in [5.41, 5.74) is -0.596. The van der Waals surface area contributed by atoms with Crippen LogP contribution < -0.4 is 5.32 Å². The molecule has 152 valence electrons. The first-order chi connectivity index (χ1) is 13.2. The minimum atomic E-state index is -3.64. The second-order valence-corrected chi connectivity index (χ2v) is 9.74. The summed E-state index contributed by atoms with van der Waals surface area (Å²) in [5, 5.41) is 2.80. The molecule has 0 radical (unpaired) electrons. The van der Waals surface area contributed by atoms with Crippen molar-refractivity contribution in [2.24, 2.45) is 5.92 Å². The van der Waals surface area contributed by atoms with Crippen LogP contribution in [0, 0.1) is 5.92 Å². The van der Waals surface area contributed by atoms with E-state index in [4.69, 9.17) is 0 Å². The Morgan fingerprint density at radius 3 is 2.68 bits per heavy atom. The van der Waals surface area contributed by atoms with Crippen LogP contribution in [0.5, 0.6) is 0 Å². The zero-order chi connectivity index (χ0) is 20.4. The molecule has 1 unspecified atom stereocenters. The van der Waals surface area contributed by atoms with E-state index in [1.807, 2.05) is 0 Å². The average molecular weight is 407 g/mol. The standard InChI is InChI=1S/C21H27FN2O3S/c1-3-16-9-12-24(13-10-16)28(26,27)19-8-4-6-17(14-19)20(25)23-21(2)11-5-7-18(22)15-21/h4-8,11,14,16H,3,9-10,12-13,15H2,1-2H3,(H,23,25). The fourth-order valence-corrected chi connectivity index (χ4v) is 5.27. The fourth-order valence-electron chi connectivity index (χ4n) is 3.76. The molecular weight excluding hydrogens is 379 g/mol. The number of hydrogen-bond donors (Lipinski definition) is 1. The molecule has 7 heteroatoms. The van der Waals surface area contributed by atoms with Crippen molar-refractivity contribution in [3.05, 3.63) is 53.9 Å². The molecule has 0 spiro atoms. The molecule has 1 aromatic carbocycles. The van der Waals surface area contributed by atoms with E-state index in [1.54, 1.807) is 31.2 Å². The Hall–Kier alpha value is -1.99. The van der Waals surface area contributed by atoms with Gasteiger partial charge in [0.15, 0.2) is 0 Å². The van der Waals surface area contributed by atoms with Gasteiger partial charge in [0.05, 0.1) is 10.4 Å². The molecule has 1 atom stereocenters. The molecule has 1 amide bonds. The Balaban J connectivity index is 1.76. The number of nitrogens with zero attached hydrogens (tertiary/aromatic N) is 1. The number of carbonyl (C=O) groups excluding carboxylic acids is 1. The van der Waals surface area contributed by atoms with Gasteiger partial charge in [-0.25, -0.2) is 12.8 Å². The summed E-state index contributed by atoms with van der Waals surface area (Å²) in [5.74, 6) is -0.164. The number of nitrogens with one attached hydrogen (secondary N) is 1. The van der Waals surface area contributed by atoms with Crippen molar-refractivity contribution in [1.82, 2.24) is 9.62 Å². The third kappa shape index (κ3) is 4.52. The van der Waals surface area contributed by atoms with Gasteiger partial charge in [-0.3, -0.25) is 4.79 Å². The number of piperidine rings is 1. The van der Waals surface area contributed by atoms with Gasteiger partial charge in [-0.1, -0.05) is 31.6 Å². The minimum Gasteiger partial charge on any atom is -0.343 e. The van der Waals surface area contributed by atoms with E-state index in [1.165, 1.54) is 22.5 Å². The molecule has 1 aliphatic heterocycles. The van der Waals surface area contributed by atoms with Crippen molar-refractivity contribution < 1.29 is 17.6 Å². The van der Waals surface area contributed by atoms with Gasteiger partial charge < -0.3 is 5.32 Å². The van der Waals surface area contributed by atoms with Gasteiger partial charge in [0.2, 0.25) is 10.0 Å². The van der Waals surface area contributed by atoms with Crippen LogP contribution in [0.15, 0.2) is 53.2 Å². The van der Waals surface area contributed by atoms with Crippen LogP contribution >= 0.6 is 0 Å². The first-order valence-corrected chi connectivity index (χ1v) is 11.1. The van der Waals surface area contributed by atoms with Gasteiger partial charge in [0.1, 0.15) is 5.83 Å². The van der Waals surface area contributed by atoms with Crippen molar-refractivity contribution in [2.75, 3.05) is 13.1 Å². The van der Waals surface area contributed by atoms with E-state index in [9.17, 15) is 17.6 Å². The number of amides is 1. The highest BCUT2D eigenvalue weighted by atomic mass is 32.2. The molecule has 1 N–H and O–H groups in total. The molecule has 0 saturated carbocycles. The number of hydrogen-bond acceptors (Lipinski definition) is 3. The van der Waals surface area contributed by atoms with Crippen molar-refractivity contribution >= 4 is 15.9 Å². The maximum Gasteiger partial charge on any atom is 0.251 e. The fraction of sp³-hybridized carbons (Fsp3) is 0.476. The van der Waals surface area contributed by atoms with Gasteiger partial charge in [-0.15, -0.1) is 0 Å². The molecule has 2 aliphatic rings. The number of rotatable bonds is 5. The van der Waals surface area contributed by atoms with Gasteiger partial charge >= 0.3 is 0 Å². The third-order valence-electron chi connectivity index (χ3n) is 5.56. The lowest BCUT2D eigenvalue weighted by molar-refractivity contribution is 0.0920. The molecule has 1 heterocycles. The lowest BCUT2D eigenvalue weighted by atomic mass is 9.92. The molecule has 1 saturated heterocycles. The van der Waals surface area contributed by atoms with Crippen LogP contribution in [0.1, 0.15) is 49.9 Å². The van der Waals surface area contributed by atoms with Crippen LogP contribution in [0.3, 0.4) is 0 Å². The minimum absolute atomic E-state index is 0.0690. The van der Waals surface area contributed by atoms with Gasteiger partial charge in [-0.2, -0.15) is 4.31 Å². The van der Waals surface area contributed by atoms with E-state index in [0.717, 1.165) is 19.3 Å². The third-order valence-corrected chi connectivity index (χ3v) is 7.46. The Kier molecular flexibility index (Phi) is 6.05. The van der Waals surface area contributed by atoms with Gasteiger partial charge in [-0.05, 0) is 50.0 Å². The highest BCUT2D eigenvalue weighted by Gasteiger charge is 2.30. The Labute approximate surface area is 166 Å². The predicted molar refractivity (Wildman–Crippen MR) is 107 cm³/mol. The van der Waals surface area contributed by atoms with Crippen LogP contribution in [0.25, 0.3) is 0 Å². The van der Waals surface area contributed by atoms with Crippen molar-refractivity contribution in [1.29, 1.82) is 0 Å². The monoisotopic (exact) mass is 406 g/mol. The molecule has 28 heavy (non-hydrogen) atoms. The Morgan fingerprint density at radius 2 is 2.04 bits per heavy atom. The van der Waals surface area contributed by atoms with Crippen LogP contribution in [-0.4, -0.2) is 37.3 Å². The van der Waals surface area contributed by atoms with Crippen molar-refractivity contribution in [3.63, 3.8) is 0 Å². The smallest absolute Gasteiger partial charge is 0.251 e. The van der Waals surface area contributed by atoms with Crippen molar-refractivity contribution in [2.45, 2.75) is 50.0 Å². The lowest BCUT2D eigenvalue weighted by Crippen LogP contribution is -2.45. The van der Waals surface area contributed by atoms with E-state index >= 15 is 0 Å². The Bertz CT molecular complexity index is 902. The summed E-state index contributed by atoms with van der Waals surface area (Å²) in [6.45, 7) is 4.87. The van der Waals surface area contributed by atoms with Gasteiger partial charge in [0, 0.05) is 25.1 Å². The molecular formula is C21H27FN2O3S. The van der Waals surface area contributed by atoms with Crippen molar-refractivity contribution in [3.8, 4) is 0 Å². The van der Waals surface area contributed by atoms with Crippen LogP contribution in [0.4, 0.5) is 4.39 Å². The predicted octanol–water partition coefficient (Wildman–Crippen LogP) is 3.80. The highest BCUT2D eigenvalue weighted by Crippen LogP contribution is 2.27. The molecule has 1 aromatic rings. The van der Waals surface area contributed by atoms with Crippen LogP contribution in [-0.2, 0) is 10.0 Å². The zero-order valence-corrected chi connectivity index (χ0v) is 17.1. The number of sulfonamides is 1. The number of benzene rings is 1. The Morgan fingerprint density at radius 1 is 1.32 bits per heavy atom. The zero-order valence-electron chi connectivity index (χ0n) is 16.3. The first-order valence-electron chi connectivity index (χ1n) is 9.70. The van der Waals surface area contributed by atoms with E-state index in [2.05, 4.69) is 12.2 Å². The summed E-state index contributed by atoms with van der Waals surface area (Å²) >= 11 is 0. The quantitative estimate of drug-likeness (QED) is 0.809. The normalized spacial score (nSPS) is 24.0. The second kappa shape index (κ2) is 8.17. The summed E-state index contributed by atoms with van der Waals surface area (Å²) in [6.07, 6.45) is 7.51. The maximum atomic E-state index is 13.6. The largest absolute Gasteiger partial charge is 0.343 e.